The number of rotatable bonds is 2. The van der Waals surface area contributed by atoms with Crippen LogP contribution in [-0.2, 0) is 4.79 Å². The molecule has 0 saturated heterocycles. The van der Waals surface area contributed by atoms with Gasteiger partial charge in [0.15, 0.2) is 0 Å². The van der Waals surface area contributed by atoms with Crippen molar-refractivity contribution in [1.82, 2.24) is 9.78 Å². The van der Waals surface area contributed by atoms with Crippen molar-refractivity contribution < 1.29 is 4.79 Å². The Morgan fingerprint density at radius 3 is 2.36 bits per heavy atom. The second-order valence-corrected chi connectivity index (χ2v) is 7.60. The molecular weight excluding hydrogens is 330 g/mol. The van der Waals surface area contributed by atoms with E-state index in [1.54, 1.807) is 11.8 Å². The lowest BCUT2D eigenvalue weighted by atomic mass is 10.0. The van der Waals surface area contributed by atoms with Crippen molar-refractivity contribution in [2.45, 2.75) is 24.3 Å². The van der Waals surface area contributed by atoms with E-state index in [2.05, 4.69) is 17.4 Å². The van der Waals surface area contributed by atoms with Gasteiger partial charge in [0.05, 0.1) is 21.9 Å². The van der Waals surface area contributed by atoms with Crippen LogP contribution in [0.5, 0.6) is 0 Å². The molecule has 0 fully saturated rings. The second kappa shape index (κ2) is 6.41. The fourth-order valence-corrected chi connectivity index (χ4v) is 4.48. The first-order valence-corrected chi connectivity index (χ1v) is 9.25. The molecule has 1 aliphatic rings. The van der Waals surface area contributed by atoms with E-state index in [-0.39, 0.29) is 16.4 Å². The number of carbonyl (C=O) groups is 1. The van der Waals surface area contributed by atoms with Crippen LogP contribution < -0.4 is 5.32 Å². The number of carbonyl (C=O) groups excluding carboxylic acids is 1. The van der Waals surface area contributed by atoms with E-state index < -0.39 is 0 Å². The molecule has 1 aliphatic heterocycles. The lowest BCUT2D eigenvalue weighted by Gasteiger charge is -2.17. The summed E-state index contributed by atoms with van der Waals surface area (Å²) in [6, 6.07) is 20.2. The van der Waals surface area contributed by atoms with Gasteiger partial charge in [-0.25, -0.2) is 4.68 Å². The molecule has 1 aromatic heterocycles. The fourth-order valence-electron chi connectivity index (χ4n) is 3.15. The highest BCUT2D eigenvalue weighted by Crippen LogP contribution is 2.45. The number of benzene rings is 2. The zero-order chi connectivity index (χ0) is 17.4. The van der Waals surface area contributed by atoms with E-state index in [4.69, 9.17) is 5.10 Å². The number of aryl methyl sites for hydroxylation is 1. The van der Waals surface area contributed by atoms with Gasteiger partial charge < -0.3 is 5.32 Å². The minimum absolute atomic E-state index is 0.0155. The van der Waals surface area contributed by atoms with Gasteiger partial charge in [-0.3, -0.25) is 4.79 Å². The van der Waals surface area contributed by atoms with E-state index in [0.29, 0.717) is 0 Å². The van der Waals surface area contributed by atoms with Crippen LogP contribution in [-0.4, -0.2) is 20.9 Å². The van der Waals surface area contributed by atoms with Crippen molar-refractivity contribution >= 4 is 23.5 Å². The lowest BCUT2D eigenvalue weighted by Crippen LogP contribution is -2.22. The Labute approximate surface area is 151 Å². The maximum atomic E-state index is 12.6. The summed E-state index contributed by atoms with van der Waals surface area (Å²) in [5.41, 5.74) is 4.15. The molecule has 0 aliphatic carbocycles. The van der Waals surface area contributed by atoms with Crippen LogP contribution in [0.15, 0.2) is 60.7 Å². The van der Waals surface area contributed by atoms with Gasteiger partial charge in [-0.15, -0.1) is 11.8 Å². The van der Waals surface area contributed by atoms with Crippen LogP contribution in [0.3, 0.4) is 0 Å². The molecule has 25 heavy (non-hydrogen) atoms. The van der Waals surface area contributed by atoms with E-state index >= 15 is 0 Å². The van der Waals surface area contributed by atoms with Gasteiger partial charge in [0.25, 0.3) is 0 Å². The summed E-state index contributed by atoms with van der Waals surface area (Å²) in [7, 11) is 0. The first kappa shape index (κ1) is 16.0. The maximum Gasteiger partial charge on any atom is 0.238 e. The zero-order valence-electron chi connectivity index (χ0n) is 14.1. The van der Waals surface area contributed by atoms with Crippen molar-refractivity contribution in [2.24, 2.45) is 0 Å². The van der Waals surface area contributed by atoms with Crippen molar-refractivity contribution in [3.05, 3.63) is 77.5 Å². The number of anilines is 1. The van der Waals surface area contributed by atoms with Crippen LogP contribution in [0.1, 0.15) is 29.0 Å². The molecule has 0 radical (unpaired) electrons. The van der Waals surface area contributed by atoms with Crippen LogP contribution in [0, 0.1) is 6.92 Å². The highest BCUT2D eigenvalue weighted by atomic mass is 32.2. The quantitative estimate of drug-likeness (QED) is 0.748. The Morgan fingerprint density at radius 1 is 1.04 bits per heavy atom. The number of fused-ring (bicyclic) bond motifs is 1. The molecule has 4 nitrogen and oxygen atoms in total. The molecule has 3 aromatic rings. The Balaban J connectivity index is 1.92. The maximum absolute atomic E-state index is 12.6. The minimum atomic E-state index is -0.138. The van der Waals surface area contributed by atoms with E-state index in [1.165, 1.54) is 5.56 Å². The molecule has 2 heterocycles. The zero-order valence-corrected chi connectivity index (χ0v) is 15.0. The Kier molecular flexibility index (Phi) is 4.09. The highest BCUT2D eigenvalue weighted by molar-refractivity contribution is 8.01. The second-order valence-electron chi connectivity index (χ2n) is 6.15. The third-order valence-corrected chi connectivity index (χ3v) is 5.83. The van der Waals surface area contributed by atoms with Gasteiger partial charge in [0, 0.05) is 5.56 Å². The number of hydrogen-bond acceptors (Lipinski definition) is 3. The SMILES string of the molecule is Cc1nn(-c2ccccc2)c2c1[C@H](c1ccccc1)S[C@H](C)C(=O)N2. The first-order chi connectivity index (χ1) is 12.1. The summed E-state index contributed by atoms with van der Waals surface area (Å²) in [5, 5.41) is 7.76. The number of amides is 1. The summed E-state index contributed by atoms with van der Waals surface area (Å²) in [5.74, 6) is 0.793. The molecule has 0 spiro atoms. The van der Waals surface area contributed by atoms with Crippen molar-refractivity contribution in [1.29, 1.82) is 0 Å². The minimum Gasteiger partial charge on any atom is -0.309 e. The van der Waals surface area contributed by atoms with Crippen molar-refractivity contribution in [3.8, 4) is 5.69 Å². The Hall–Kier alpha value is -2.53. The molecule has 0 unspecified atom stereocenters. The standard InChI is InChI=1S/C20H19N3OS/c1-13-17-18(15-9-5-3-6-10-15)25-14(2)20(24)21-19(17)23(22-13)16-11-7-4-8-12-16/h3-12,14,18H,1-2H3,(H,21,24)/t14-,18+/m1/s1. The summed E-state index contributed by atoms with van der Waals surface area (Å²) in [6.45, 7) is 3.97. The predicted octanol–water partition coefficient (Wildman–Crippen LogP) is 4.34. The number of nitrogens with one attached hydrogen (secondary N) is 1. The summed E-state index contributed by atoms with van der Waals surface area (Å²) in [6.07, 6.45) is 0. The van der Waals surface area contributed by atoms with Gasteiger partial charge in [0.1, 0.15) is 5.82 Å². The predicted molar refractivity (Wildman–Crippen MR) is 102 cm³/mol. The largest absolute Gasteiger partial charge is 0.309 e. The highest BCUT2D eigenvalue weighted by Gasteiger charge is 2.33. The average molecular weight is 349 g/mol. The van der Waals surface area contributed by atoms with Gasteiger partial charge in [-0.05, 0) is 31.5 Å². The summed E-state index contributed by atoms with van der Waals surface area (Å²) in [4.78, 5) is 12.6. The van der Waals surface area contributed by atoms with Crippen molar-refractivity contribution in [2.75, 3.05) is 5.32 Å². The Morgan fingerprint density at radius 2 is 1.68 bits per heavy atom. The summed E-state index contributed by atoms with van der Waals surface area (Å²) >= 11 is 1.67. The third kappa shape index (κ3) is 2.85. The molecule has 0 saturated carbocycles. The van der Waals surface area contributed by atoms with Crippen LogP contribution in [0.2, 0.25) is 0 Å². The smallest absolute Gasteiger partial charge is 0.238 e. The van der Waals surface area contributed by atoms with Crippen LogP contribution in [0.4, 0.5) is 5.82 Å². The average Bonchev–Trinajstić information content (AvgIpc) is 2.89. The third-order valence-electron chi connectivity index (χ3n) is 4.42. The monoisotopic (exact) mass is 349 g/mol. The molecule has 2 atom stereocenters. The van der Waals surface area contributed by atoms with E-state index in [0.717, 1.165) is 22.8 Å². The number of para-hydroxylation sites is 1. The molecule has 1 N–H and O–H groups in total. The Bertz CT molecular complexity index is 905. The molecule has 1 amide bonds. The fraction of sp³-hybridized carbons (Fsp3) is 0.200. The molecule has 4 rings (SSSR count). The number of thioether (sulfide) groups is 1. The van der Waals surface area contributed by atoms with Gasteiger partial charge in [0.2, 0.25) is 5.91 Å². The number of nitrogens with zero attached hydrogens (tertiary/aromatic N) is 2. The molecule has 0 bridgehead atoms. The normalized spacial score (nSPS) is 19.8. The molecule has 126 valence electrons. The number of hydrogen-bond donors (Lipinski definition) is 1. The topological polar surface area (TPSA) is 46.9 Å². The van der Waals surface area contributed by atoms with E-state index in [9.17, 15) is 4.79 Å². The lowest BCUT2D eigenvalue weighted by molar-refractivity contribution is -0.115. The molecule has 2 aromatic carbocycles. The van der Waals surface area contributed by atoms with Gasteiger partial charge in [-0.1, -0.05) is 48.5 Å². The molecule has 5 heteroatoms. The summed E-state index contributed by atoms with van der Waals surface area (Å²) < 4.78 is 1.84. The van der Waals surface area contributed by atoms with Gasteiger partial charge in [-0.2, -0.15) is 5.10 Å². The first-order valence-electron chi connectivity index (χ1n) is 8.31. The van der Waals surface area contributed by atoms with Crippen LogP contribution in [0.25, 0.3) is 5.69 Å². The van der Waals surface area contributed by atoms with Gasteiger partial charge >= 0.3 is 0 Å². The van der Waals surface area contributed by atoms with E-state index in [1.807, 2.05) is 67.1 Å². The number of aromatic nitrogens is 2. The van der Waals surface area contributed by atoms with Crippen LogP contribution >= 0.6 is 11.8 Å². The van der Waals surface area contributed by atoms with Crippen molar-refractivity contribution in [3.63, 3.8) is 0 Å². The molecular formula is C20H19N3OS.